The number of thioether (sulfide) groups is 1. The van der Waals surface area contributed by atoms with Gasteiger partial charge in [0.1, 0.15) is 5.75 Å². The molecule has 0 aliphatic carbocycles. The molecular formula is C22H29NO2S. The minimum atomic E-state index is 0.0360. The Bertz CT molecular complexity index is 738. The lowest BCUT2D eigenvalue weighted by molar-refractivity contribution is -0.119. The monoisotopic (exact) mass is 371 g/mol. The third-order valence-corrected chi connectivity index (χ3v) is 5.35. The Labute approximate surface area is 161 Å². The first-order valence-electron chi connectivity index (χ1n) is 9.01. The zero-order valence-electron chi connectivity index (χ0n) is 16.4. The van der Waals surface area contributed by atoms with Crippen LogP contribution >= 0.6 is 11.8 Å². The van der Waals surface area contributed by atoms with Crippen molar-refractivity contribution in [1.29, 1.82) is 0 Å². The van der Waals surface area contributed by atoms with E-state index in [0.29, 0.717) is 5.75 Å². The van der Waals surface area contributed by atoms with Crippen LogP contribution in [0.15, 0.2) is 36.4 Å². The summed E-state index contributed by atoms with van der Waals surface area (Å²) < 4.78 is 5.32. The smallest absolute Gasteiger partial charge is 0.230 e. The van der Waals surface area contributed by atoms with E-state index >= 15 is 0 Å². The van der Waals surface area contributed by atoms with Gasteiger partial charge in [-0.3, -0.25) is 4.79 Å². The molecular weight excluding hydrogens is 342 g/mol. The fourth-order valence-corrected chi connectivity index (χ4v) is 3.96. The van der Waals surface area contributed by atoms with Gasteiger partial charge in [-0.25, -0.2) is 0 Å². The number of aryl methyl sites for hydroxylation is 3. The minimum Gasteiger partial charge on any atom is -0.496 e. The van der Waals surface area contributed by atoms with Crippen molar-refractivity contribution in [2.24, 2.45) is 0 Å². The molecule has 2 aromatic rings. The van der Waals surface area contributed by atoms with Gasteiger partial charge in [-0.2, -0.15) is 0 Å². The van der Waals surface area contributed by atoms with Crippen molar-refractivity contribution in [3.8, 4) is 5.75 Å². The summed E-state index contributed by atoms with van der Waals surface area (Å²) in [6.07, 6.45) is 0.860. The van der Waals surface area contributed by atoms with E-state index in [0.717, 1.165) is 29.1 Å². The molecule has 2 aromatic carbocycles. The molecule has 140 valence electrons. The summed E-state index contributed by atoms with van der Waals surface area (Å²) in [6.45, 7) is 8.33. The van der Waals surface area contributed by atoms with Crippen molar-refractivity contribution in [3.63, 3.8) is 0 Å². The molecule has 0 heterocycles. The predicted octanol–water partition coefficient (Wildman–Crippen LogP) is 5.12. The van der Waals surface area contributed by atoms with Crippen molar-refractivity contribution < 1.29 is 9.53 Å². The number of hydrogen-bond acceptors (Lipinski definition) is 3. The normalized spacial score (nSPS) is 11.9. The van der Waals surface area contributed by atoms with Gasteiger partial charge in [0.05, 0.1) is 18.9 Å². The van der Waals surface area contributed by atoms with Gasteiger partial charge < -0.3 is 10.1 Å². The number of rotatable bonds is 8. The van der Waals surface area contributed by atoms with E-state index < -0.39 is 0 Å². The first-order valence-corrected chi connectivity index (χ1v) is 10.2. The van der Waals surface area contributed by atoms with Gasteiger partial charge in [0.15, 0.2) is 0 Å². The van der Waals surface area contributed by atoms with Crippen LogP contribution in [0.25, 0.3) is 0 Å². The molecule has 4 heteroatoms. The van der Waals surface area contributed by atoms with E-state index in [9.17, 15) is 4.79 Å². The van der Waals surface area contributed by atoms with Gasteiger partial charge in [0, 0.05) is 5.75 Å². The van der Waals surface area contributed by atoms with Gasteiger partial charge in [0.25, 0.3) is 0 Å². The standard InChI is InChI=1S/C22H29NO2S/c1-6-20(19-7-8-21(25-5)17(4)12-19)23-22(24)14-26-13-18-10-15(2)9-16(3)11-18/h7-12,20H,6,13-14H2,1-5H3,(H,23,24)/t20-/m0/s1. The molecule has 0 aromatic heterocycles. The summed E-state index contributed by atoms with van der Waals surface area (Å²) in [6, 6.07) is 12.7. The number of carbonyl (C=O) groups is 1. The van der Waals surface area contributed by atoms with Crippen molar-refractivity contribution in [2.45, 2.75) is 45.9 Å². The van der Waals surface area contributed by atoms with E-state index in [1.807, 2.05) is 19.1 Å². The van der Waals surface area contributed by atoms with Gasteiger partial charge in [-0.1, -0.05) is 48.4 Å². The molecule has 0 saturated heterocycles. The summed E-state index contributed by atoms with van der Waals surface area (Å²) in [5, 5.41) is 3.16. The Morgan fingerprint density at radius 2 is 1.81 bits per heavy atom. The van der Waals surface area contributed by atoms with Crippen LogP contribution in [0.1, 0.15) is 47.2 Å². The molecule has 3 nitrogen and oxygen atoms in total. The number of methoxy groups -OCH3 is 1. The largest absolute Gasteiger partial charge is 0.496 e. The number of benzene rings is 2. The van der Waals surface area contributed by atoms with E-state index in [4.69, 9.17) is 4.74 Å². The average molecular weight is 372 g/mol. The fourth-order valence-electron chi connectivity index (χ4n) is 3.19. The fraction of sp³-hybridized carbons (Fsp3) is 0.409. The second-order valence-electron chi connectivity index (χ2n) is 6.75. The van der Waals surface area contributed by atoms with Crippen LogP contribution < -0.4 is 10.1 Å². The highest BCUT2D eigenvalue weighted by atomic mass is 32.2. The van der Waals surface area contributed by atoms with Crippen molar-refractivity contribution in [2.75, 3.05) is 12.9 Å². The SMILES string of the molecule is CC[C@H](NC(=O)CSCc1cc(C)cc(C)c1)c1ccc(OC)c(C)c1. The molecule has 26 heavy (non-hydrogen) atoms. The summed E-state index contributed by atoms with van der Waals surface area (Å²) in [5.41, 5.74) is 6.02. The quantitative estimate of drug-likeness (QED) is 0.700. The van der Waals surface area contributed by atoms with Crippen LogP contribution in [0.3, 0.4) is 0 Å². The number of ether oxygens (including phenoxy) is 1. The summed E-state index contributed by atoms with van der Waals surface area (Å²) in [7, 11) is 1.67. The van der Waals surface area contributed by atoms with Crippen LogP contribution in [-0.2, 0) is 10.5 Å². The van der Waals surface area contributed by atoms with Crippen LogP contribution in [0, 0.1) is 20.8 Å². The molecule has 0 aliphatic rings. The molecule has 1 atom stereocenters. The van der Waals surface area contributed by atoms with Gasteiger partial charge in [-0.15, -0.1) is 11.8 Å². The molecule has 0 radical (unpaired) electrons. The Morgan fingerprint density at radius 3 is 2.38 bits per heavy atom. The summed E-state index contributed by atoms with van der Waals surface area (Å²) in [4.78, 5) is 12.4. The maximum absolute atomic E-state index is 12.4. The highest BCUT2D eigenvalue weighted by Gasteiger charge is 2.14. The molecule has 1 N–H and O–H groups in total. The zero-order valence-corrected chi connectivity index (χ0v) is 17.2. The van der Waals surface area contributed by atoms with E-state index in [-0.39, 0.29) is 11.9 Å². The van der Waals surface area contributed by atoms with Crippen LogP contribution in [0.2, 0.25) is 0 Å². The van der Waals surface area contributed by atoms with E-state index in [1.165, 1.54) is 16.7 Å². The lowest BCUT2D eigenvalue weighted by Crippen LogP contribution is -2.29. The summed E-state index contributed by atoms with van der Waals surface area (Å²) >= 11 is 1.66. The van der Waals surface area contributed by atoms with Crippen LogP contribution in [-0.4, -0.2) is 18.8 Å². The van der Waals surface area contributed by atoms with Gasteiger partial charge in [-0.05, 0) is 49.9 Å². The topological polar surface area (TPSA) is 38.3 Å². The third kappa shape index (κ3) is 5.80. The lowest BCUT2D eigenvalue weighted by Gasteiger charge is -2.19. The number of amides is 1. The first kappa shape index (κ1) is 20.4. The first-order chi connectivity index (χ1) is 12.4. The molecule has 0 unspecified atom stereocenters. The maximum atomic E-state index is 12.4. The molecule has 0 spiro atoms. The lowest BCUT2D eigenvalue weighted by atomic mass is 10.0. The molecule has 0 bridgehead atoms. The number of carbonyl (C=O) groups excluding carboxylic acids is 1. The Kier molecular flexibility index (Phi) is 7.58. The van der Waals surface area contributed by atoms with Gasteiger partial charge >= 0.3 is 0 Å². The minimum absolute atomic E-state index is 0.0360. The van der Waals surface area contributed by atoms with Crippen molar-refractivity contribution >= 4 is 17.7 Å². The molecule has 1 amide bonds. The van der Waals surface area contributed by atoms with E-state index in [2.05, 4.69) is 50.4 Å². The molecule has 0 aliphatic heterocycles. The van der Waals surface area contributed by atoms with Crippen molar-refractivity contribution in [1.82, 2.24) is 5.32 Å². The third-order valence-electron chi connectivity index (χ3n) is 4.35. The van der Waals surface area contributed by atoms with Crippen LogP contribution in [0.5, 0.6) is 5.75 Å². The Balaban J connectivity index is 1.89. The van der Waals surface area contributed by atoms with Crippen LogP contribution in [0.4, 0.5) is 0 Å². The average Bonchev–Trinajstić information content (AvgIpc) is 2.58. The second kappa shape index (κ2) is 9.67. The van der Waals surface area contributed by atoms with Gasteiger partial charge in [0.2, 0.25) is 5.91 Å². The Hall–Kier alpha value is -1.94. The Morgan fingerprint density at radius 1 is 1.12 bits per heavy atom. The second-order valence-corrected chi connectivity index (χ2v) is 7.73. The maximum Gasteiger partial charge on any atom is 0.230 e. The molecule has 2 rings (SSSR count). The number of nitrogens with one attached hydrogen (secondary N) is 1. The molecule has 0 saturated carbocycles. The van der Waals surface area contributed by atoms with E-state index in [1.54, 1.807) is 18.9 Å². The highest BCUT2D eigenvalue weighted by Crippen LogP contribution is 2.24. The van der Waals surface area contributed by atoms with Crippen molar-refractivity contribution in [3.05, 3.63) is 64.2 Å². The zero-order chi connectivity index (χ0) is 19.1. The summed E-state index contributed by atoms with van der Waals surface area (Å²) in [5.74, 6) is 2.28. The highest BCUT2D eigenvalue weighted by molar-refractivity contribution is 7.99. The predicted molar refractivity (Wildman–Crippen MR) is 111 cm³/mol. The number of hydrogen-bond donors (Lipinski definition) is 1. The molecule has 0 fully saturated rings.